The van der Waals surface area contributed by atoms with Crippen molar-refractivity contribution in [2.45, 2.75) is 0 Å². The van der Waals surface area contributed by atoms with Crippen molar-refractivity contribution in [2.75, 3.05) is 0 Å². The Labute approximate surface area is 98.3 Å². The predicted molar refractivity (Wildman–Crippen MR) is 65.9 cm³/mol. The molecule has 0 aliphatic heterocycles. The fraction of sp³-hybridized carbons (Fsp3) is 0. The van der Waals surface area contributed by atoms with E-state index in [4.69, 9.17) is 0 Å². The Bertz CT molecular complexity index is 671. The smallest absolute Gasteiger partial charge is 0.263 e. The van der Waals surface area contributed by atoms with Gasteiger partial charge >= 0.3 is 0 Å². The molecule has 0 bridgehead atoms. The van der Waals surface area contributed by atoms with Crippen LogP contribution in [0, 0.1) is 0 Å². The number of hydrogen-bond donors (Lipinski definition) is 0. The van der Waals surface area contributed by atoms with Gasteiger partial charge in [-0.2, -0.15) is 0 Å². The van der Waals surface area contributed by atoms with Crippen LogP contribution in [0.15, 0.2) is 61.1 Å². The number of fused-ring (bicyclic) bond motifs is 1. The minimum Gasteiger partial charge on any atom is -0.283 e. The Balaban J connectivity index is 2.14. The van der Waals surface area contributed by atoms with Crippen LogP contribution < -0.4 is 0 Å². The van der Waals surface area contributed by atoms with Crippen LogP contribution in [0.4, 0.5) is 0 Å². The third kappa shape index (κ3) is 1.61. The molecule has 0 radical (unpaired) electrons. The van der Waals surface area contributed by atoms with Crippen LogP contribution in [-0.4, -0.2) is 15.5 Å². The summed E-state index contributed by atoms with van der Waals surface area (Å²) in [6.07, 6.45) is 5.03. The molecular formula is C14H10N2O. The van der Waals surface area contributed by atoms with E-state index in [0.29, 0.717) is 5.56 Å². The van der Waals surface area contributed by atoms with E-state index in [2.05, 4.69) is 4.98 Å². The molecule has 3 nitrogen and oxygen atoms in total. The highest BCUT2D eigenvalue weighted by atomic mass is 16.2. The molecule has 17 heavy (non-hydrogen) atoms. The van der Waals surface area contributed by atoms with Crippen LogP contribution in [0.3, 0.4) is 0 Å². The fourth-order valence-corrected chi connectivity index (χ4v) is 1.89. The van der Waals surface area contributed by atoms with Gasteiger partial charge in [-0.25, -0.2) is 0 Å². The zero-order valence-corrected chi connectivity index (χ0v) is 9.08. The van der Waals surface area contributed by atoms with Gasteiger partial charge in [-0.15, -0.1) is 0 Å². The minimum atomic E-state index is -0.0562. The van der Waals surface area contributed by atoms with Gasteiger partial charge in [0, 0.05) is 24.0 Å². The van der Waals surface area contributed by atoms with Gasteiger partial charge in [0.15, 0.2) is 0 Å². The molecule has 0 aliphatic rings. The molecule has 82 valence electrons. The summed E-state index contributed by atoms with van der Waals surface area (Å²) in [5, 5.41) is 1.06. The molecule has 3 aromatic rings. The standard InChI is InChI=1S/C14H10N2O/c17-14(12-5-3-8-15-10-12)16-9-7-11-4-1-2-6-13(11)16/h1-10H. The summed E-state index contributed by atoms with van der Waals surface area (Å²) in [6.45, 7) is 0. The Morgan fingerprint density at radius 3 is 2.76 bits per heavy atom. The number of hydrogen-bond acceptors (Lipinski definition) is 2. The fourth-order valence-electron chi connectivity index (χ4n) is 1.89. The summed E-state index contributed by atoms with van der Waals surface area (Å²) in [6, 6.07) is 13.3. The number of aromatic nitrogens is 2. The van der Waals surface area contributed by atoms with Crippen molar-refractivity contribution in [1.29, 1.82) is 0 Å². The normalized spacial score (nSPS) is 10.6. The van der Waals surface area contributed by atoms with Gasteiger partial charge in [0.25, 0.3) is 5.91 Å². The quantitative estimate of drug-likeness (QED) is 0.634. The second-order valence-corrected chi connectivity index (χ2v) is 3.79. The van der Waals surface area contributed by atoms with E-state index in [-0.39, 0.29) is 5.91 Å². The van der Waals surface area contributed by atoms with Gasteiger partial charge < -0.3 is 0 Å². The van der Waals surface area contributed by atoms with E-state index in [0.717, 1.165) is 10.9 Å². The molecule has 3 heteroatoms. The molecule has 0 N–H and O–H groups in total. The van der Waals surface area contributed by atoms with Crippen LogP contribution in [0.25, 0.3) is 10.9 Å². The van der Waals surface area contributed by atoms with Gasteiger partial charge in [0.05, 0.1) is 11.1 Å². The third-order valence-corrected chi connectivity index (χ3v) is 2.73. The Morgan fingerprint density at radius 1 is 1.06 bits per heavy atom. The maximum atomic E-state index is 12.2. The van der Waals surface area contributed by atoms with Crippen LogP contribution in [0.2, 0.25) is 0 Å². The largest absolute Gasteiger partial charge is 0.283 e. The number of benzene rings is 1. The highest BCUT2D eigenvalue weighted by Crippen LogP contribution is 2.16. The molecular weight excluding hydrogens is 212 g/mol. The molecule has 3 rings (SSSR count). The predicted octanol–water partition coefficient (Wildman–Crippen LogP) is 2.72. The molecule has 2 heterocycles. The molecule has 0 saturated heterocycles. The first-order valence-corrected chi connectivity index (χ1v) is 5.37. The lowest BCUT2D eigenvalue weighted by atomic mass is 10.2. The average molecular weight is 222 g/mol. The van der Waals surface area contributed by atoms with Crippen molar-refractivity contribution >= 4 is 16.8 Å². The number of nitrogens with zero attached hydrogens (tertiary/aromatic N) is 2. The molecule has 0 unspecified atom stereocenters. The molecule has 0 saturated carbocycles. The maximum absolute atomic E-state index is 12.2. The number of carbonyl (C=O) groups is 1. The molecule has 0 aliphatic carbocycles. The molecule has 0 amide bonds. The van der Waals surface area contributed by atoms with Crippen molar-refractivity contribution in [3.05, 3.63) is 66.6 Å². The average Bonchev–Trinajstić information content (AvgIpc) is 2.83. The lowest BCUT2D eigenvalue weighted by Crippen LogP contribution is -2.10. The van der Waals surface area contributed by atoms with Crippen LogP contribution in [0.1, 0.15) is 10.4 Å². The van der Waals surface area contributed by atoms with Gasteiger partial charge in [-0.3, -0.25) is 14.3 Å². The summed E-state index contributed by atoms with van der Waals surface area (Å²) < 4.78 is 1.65. The lowest BCUT2D eigenvalue weighted by Gasteiger charge is -2.03. The van der Waals surface area contributed by atoms with E-state index in [1.165, 1.54) is 0 Å². The summed E-state index contributed by atoms with van der Waals surface area (Å²) in [5.74, 6) is -0.0562. The van der Waals surface area contributed by atoms with Crippen molar-refractivity contribution < 1.29 is 4.79 Å². The van der Waals surface area contributed by atoms with Crippen LogP contribution in [-0.2, 0) is 0 Å². The van der Waals surface area contributed by atoms with E-state index in [1.807, 2.05) is 30.3 Å². The first-order valence-electron chi connectivity index (χ1n) is 5.37. The third-order valence-electron chi connectivity index (χ3n) is 2.73. The van der Waals surface area contributed by atoms with E-state index in [1.54, 1.807) is 35.3 Å². The van der Waals surface area contributed by atoms with Gasteiger partial charge in [-0.1, -0.05) is 18.2 Å². The lowest BCUT2D eigenvalue weighted by molar-refractivity contribution is 0.0964. The molecule has 1 aromatic carbocycles. The number of pyridine rings is 1. The van der Waals surface area contributed by atoms with Crippen molar-refractivity contribution in [3.63, 3.8) is 0 Å². The SMILES string of the molecule is O=C(c1cccnc1)n1ccc2ccccc21. The van der Waals surface area contributed by atoms with Gasteiger partial charge in [0.1, 0.15) is 0 Å². The van der Waals surface area contributed by atoms with Crippen LogP contribution in [0.5, 0.6) is 0 Å². The first kappa shape index (κ1) is 9.78. The molecule has 0 atom stereocenters. The monoisotopic (exact) mass is 222 g/mol. The number of para-hydroxylation sites is 1. The van der Waals surface area contributed by atoms with Crippen molar-refractivity contribution in [3.8, 4) is 0 Å². The summed E-state index contributed by atoms with van der Waals surface area (Å²) in [5.41, 5.74) is 1.51. The number of carbonyl (C=O) groups excluding carboxylic acids is 1. The van der Waals surface area contributed by atoms with E-state index >= 15 is 0 Å². The zero-order valence-electron chi connectivity index (χ0n) is 9.08. The van der Waals surface area contributed by atoms with E-state index in [9.17, 15) is 4.79 Å². The Morgan fingerprint density at radius 2 is 1.94 bits per heavy atom. The minimum absolute atomic E-state index is 0.0562. The maximum Gasteiger partial charge on any atom is 0.263 e. The first-order chi connectivity index (χ1) is 8.36. The van der Waals surface area contributed by atoms with Gasteiger partial charge in [0.2, 0.25) is 0 Å². The Kier molecular flexibility index (Phi) is 2.22. The highest BCUT2D eigenvalue weighted by Gasteiger charge is 2.10. The second-order valence-electron chi connectivity index (χ2n) is 3.79. The zero-order chi connectivity index (χ0) is 11.7. The Hall–Kier alpha value is -2.42. The van der Waals surface area contributed by atoms with Crippen LogP contribution >= 0.6 is 0 Å². The highest BCUT2D eigenvalue weighted by molar-refractivity contribution is 6.01. The number of rotatable bonds is 1. The van der Waals surface area contributed by atoms with Crippen molar-refractivity contribution in [2.24, 2.45) is 0 Å². The summed E-state index contributed by atoms with van der Waals surface area (Å²) >= 11 is 0. The van der Waals surface area contributed by atoms with E-state index < -0.39 is 0 Å². The summed E-state index contributed by atoms with van der Waals surface area (Å²) in [7, 11) is 0. The second kappa shape index (κ2) is 3.87. The molecule has 0 fully saturated rings. The van der Waals surface area contributed by atoms with Crippen molar-refractivity contribution in [1.82, 2.24) is 9.55 Å². The molecule has 0 spiro atoms. The topological polar surface area (TPSA) is 34.9 Å². The summed E-state index contributed by atoms with van der Waals surface area (Å²) in [4.78, 5) is 16.2. The van der Waals surface area contributed by atoms with Gasteiger partial charge in [-0.05, 0) is 24.3 Å². The molecule has 2 aromatic heterocycles.